The molecule has 0 N–H and O–H groups in total. The lowest BCUT2D eigenvalue weighted by molar-refractivity contribution is 1.62. The van der Waals surface area contributed by atoms with Gasteiger partial charge in [-0.3, -0.25) is 0 Å². The maximum atomic E-state index is 3.42. The molecule has 0 nitrogen and oxygen atoms in total. The lowest BCUT2D eigenvalue weighted by Crippen LogP contribution is -1.83. The molecule has 0 saturated carbocycles. The minimum Gasteiger partial charge on any atom is -0.0622 e. The van der Waals surface area contributed by atoms with Crippen LogP contribution in [0.5, 0.6) is 0 Å². The van der Waals surface area contributed by atoms with E-state index in [1.807, 2.05) is 12.1 Å². The average Bonchev–Trinajstić information content (AvgIpc) is 2.62. The Morgan fingerprint density at radius 1 is 0.652 bits per heavy atom. The van der Waals surface area contributed by atoms with E-state index in [4.69, 9.17) is 0 Å². The minimum atomic E-state index is 0.923. The van der Waals surface area contributed by atoms with E-state index >= 15 is 0 Å². The van der Waals surface area contributed by atoms with Gasteiger partial charge in [0, 0.05) is 5.56 Å². The van der Waals surface area contributed by atoms with Crippen molar-refractivity contribution in [3.63, 3.8) is 0 Å². The molecule has 0 heterocycles. The van der Waals surface area contributed by atoms with Crippen LogP contribution in [0.15, 0.2) is 83.3 Å². The van der Waals surface area contributed by atoms with Gasteiger partial charge in [-0.1, -0.05) is 72.8 Å². The summed E-state index contributed by atoms with van der Waals surface area (Å²) in [6, 6.07) is 33.9. The lowest BCUT2D eigenvalue weighted by atomic mass is 9.95. The normalized spacial score (nSPS) is 10.5. The third kappa shape index (κ3) is 2.74. The summed E-state index contributed by atoms with van der Waals surface area (Å²) in [7, 11) is 0. The van der Waals surface area contributed by atoms with Gasteiger partial charge in [-0.25, -0.2) is 0 Å². The van der Waals surface area contributed by atoms with Crippen LogP contribution in [-0.4, -0.2) is 0 Å². The van der Waals surface area contributed by atoms with Gasteiger partial charge in [-0.15, -0.1) is 0 Å². The fourth-order valence-electron chi connectivity index (χ4n) is 2.84. The van der Waals surface area contributed by atoms with Crippen molar-refractivity contribution in [1.29, 1.82) is 0 Å². The topological polar surface area (TPSA) is 0 Å². The Kier molecular flexibility index (Phi) is 3.61. The summed E-state index contributed by atoms with van der Waals surface area (Å²) in [6.07, 6.45) is 0. The van der Waals surface area contributed by atoms with Gasteiger partial charge in [-0.2, -0.15) is 0 Å². The van der Waals surface area contributed by atoms with E-state index in [0.29, 0.717) is 0 Å². The highest BCUT2D eigenvalue weighted by atomic mass is 79.9. The predicted molar refractivity (Wildman–Crippen MR) is 100 cm³/mol. The molecule has 0 amide bonds. The fraction of sp³-hybridized carbons (Fsp3) is 0. The standard InChI is InChI=1S/C22H13Br/c23-20-13-11-18(12-14-20)21-8-4-7-17-9-10-19(15-22(17)21)16-5-2-1-3-6-16/h1-11,13,15H. The molecule has 1 heteroatoms. The highest BCUT2D eigenvalue weighted by molar-refractivity contribution is 9.10. The molecule has 0 saturated heterocycles. The molecule has 0 aromatic heterocycles. The molecule has 0 fully saturated rings. The van der Waals surface area contributed by atoms with Crippen LogP contribution in [0.1, 0.15) is 0 Å². The van der Waals surface area contributed by atoms with Crippen LogP contribution in [0.4, 0.5) is 0 Å². The van der Waals surface area contributed by atoms with Crippen molar-refractivity contribution < 1.29 is 0 Å². The fourth-order valence-corrected chi connectivity index (χ4v) is 3.07. The zero-order valence-electron chi connectivity index (χ0n) is 12.4. The first-order valence-electron chi connectivity index (χ1n) is 7.49. The summed E-state index contributed by atoms with van der Waals surface area (Å²) in [4.78, 5) is 0. The third-order valence-electron chi connectivity index (χ3n) is 3.99. The highest BCUT2D eigenvalue weighted by Gasteiger charge is 2.06. The van der Waals surface area contributed by atoms with E-state index in [-0.39, 0.29) is 0 Å². The van der Waals surface area contributed by atoms with Crippen molar-refractivity contribution in [2.45, 2.75) is 0 Å². The Hall–Kier alpha value is -2.56. The predicted octanol–water partition coefficient (Wildman–Crippen LogP) is 6.54. The molecule has 108 valence electrons. The van der Waals surface area contributed by atoms with Crippen molar-refractivity contribution in [3.8, 4) is 22.3 Å². The monoisotopic (exact) mass is 356 g/mol. The third-order valence-corrected chi connectivity index (χ3v) is 4.45. The van der Waals surface area contributed by atoms with E-state index < -0.39 is 0 Å². The van der Waals surface area contributed by atoms with Crippen molar-refractivity contribution in [3.05, 3.63) is 95.5 Å². The van der Waals surface area contributed by atoms with Gasteiger partial charge < -0.3 is 0 Å². The zero-order chi connectivity index (χ0) is 15.6. The Morgan fingerprint density at radius 3 is 2.30 bits per heavy atom. The molecule has 0 unspecified atom stereocenters. The first-order valence-corrected chi connectivity index (χ1v) is 8.29. The van der Waals surface area contributed by atoms with E-state index in [2.05, 4.69) is 94.8 Å². The van der Waals surface area contributed by atoms with Gasteiger partial charge in [0.1, 0.15) is 0 Å². The van der Waals surface area contributed by atoms with Gasteiger partial charge in [0.2, 0.25) is 0 Å². The number of rotatable bonds is 2. The first kappa shape index (κ1) is 14.1. The molecule has 0 radical (unpaired) electrons. The number of benzene rings is 3. The second kappa shape index (κ2) is 5.91. The maximum absolute atomic E-state index is 3.42. The molecule has 0 aliphatic carbocycles. The molecule has 4 aromatic rings. The molecule has 0 atom stereocenters. The van der Waals surface area contributed by atoms with Crippen molar-refractivity contribution in [2.24, 2.45) is 0 Å². The molecular weight excluding hydrogens is 344 g/mol. The summed E-state index contributed by atoms with van der Waals surface area (Å²) in [5.74, 6) is 0. The number of fused-ring (bicyclic) bond motifs is 1. The molecule has 4 aromatic carbocycles. The second-order valence-electron chi connectivity index (χ2n) is 5.45. The molecule has 4 rings (SSSR count). The number of halogens is 1. The molecule has 0 spiro atoms. The van der Waals surface area contributed by atoms with Gasteiger partial charge in [0.25, 0.3) is 0 Å². The Bertz CT molecular complexity index is 954. The molecular formula is C22H13Br. The second-order valence-corrected chi connectivity index (χ2v) is 6.31. The summed E-state index contributed by atoms with van der Waals surface area (Å²) in [5.41, 5.74) is 4.70. The van der Waals surface area contributed by atoms with Gasteiger partial charge in [0.15, 0.2) is 0 Å². The van der Waals surface area contributed by atoms with Crippen molar-refractivity contribution >= 4 is 26.7 Å². The van der Waals surface area contributed by atoms with Crippen LogP contribution in [-0.2, 0) is 0 Å². The summed E-state index contributed by atoms with van der Waals surface area (Å²) < 4.78 is 0.923. The van der Waals surface area contributed by atoms with E-state index in [9.17, 15) is 0 Å². The quantitative estimate of drug-likeness (QED) is 0.382. The van der Waals surface area contributed by atoms with Gasteiger partial charge in [-0.05, 0) is 61.6 Å². The van der Waals surface area contributed by atoms with Gasteiger partial charge >= 0.3 is 0 Å². The maximum Gasteiger partial charge on any atom is 0.0678 e. The average molecular weight is 357 g/mol. The summed E-state index contributed by atoms with van der Waals surface area (Å²) in [6.45, 7) is 0. The van der Waals surface area contributed by atoms with Crippen molar-refractivity contribution in [1.82, 2.24) is 0 Å². The van der Waals surface area contributed by atoms with Crippen LogP contribution in [0.25, 0.3) is 33.0 Å². The largest absolute Gasteiger partial charge is 0.0678 e. The minimum absolute atomic E-state index is 0.923. The molecule has 0 bridgehead atoms. The molecule has 0 aliphatic heterocycles. The number of hydrogen-bond donors (Lipinski definition) is 0. The van der Waals surface area contributed by atoms with Crippen LogP contribution >= 0.6 is 15.9 Å². The van der Waals surface area contributed by atoms with E-state index in [1.54, 1.807) is 0 Å². The summed E-state index contributed by atoms with van der Waals surface area (Å²) in [5, 5.41) is 2.47. The smallest absolute Gasteiger partial charge is 0.0622 e. The SMILES string of the molecule is Brc1c#cc(-c2cccc3ccc(-c4ccccc4)cc23)cc1. The Labute approximate surface area is 144 Å². The Balaban J connectivity index is 1.93. The summed E-state index contributed by atoms with van der Waals surface area (Å²) >= 11 is 3.42. The van der Waals surface area contributed by atoms with E-state index in [0.717, 1.165) is 10.0 Å². The van der Waals surface area contributed by atoms with Crippen LogP contribution in [0.2, 0.25) is 0 Å². The molecule has 23 heavy (non-hydrogen) atoms. The number of hydrogen-bond acceptors (Lipinski definition) is 0. The van der Waals surface area contributed by atoms with Crippen LogP contribution in [0.3, 0.4) is 0 Å². The van der Waals surface area contributed by atoms with E-state index in [1.165, 1.54) is 27.5 Å². The first-order chi connectivity index (χ1) is 11.3. The highest BCUT2D eigenvalue weighted by Crippen LogP contribution is 2.31. The van der Waals surface area contributed by atoms with Crippen molar-refractivity contribution in [2.75, 3.05) is 0 Å². The van der Waals surface area contributed by atoms with Crippen LogP contribution in [0, 0.1) is 12.1 Å². The van der Waals surface area contributed by atoms with Gasteiger partial charge in [0.05, 0.1) is 4.47 Å². The zero-order valence-corrected chi connectivity index (χ0v) is 14.0. The molecule has 0 aliphatic rings. The van der Waals surface area contributed by atoms with Crippen LogP contribution < -0.4 is 0 Å². The lowest BCUT2D eigenvalue weighted by Gasteiger charge is -2.08. The Morgan fingerprint density at radius 2 is 1.52 bits per heavy atom.